The molecule has 0 bridgehead atoms. The molecular weight excluding hydrogens is 390 g/mol. The van der Waals surface area contributed by atoms with E-state index in [4.69, 9.17) is 0 Å². The van der Waals surface area contributed by atoms with Gasteiger partial charge in [-0.25, -0.2) is 8.78 Å². The Bertz CT molecular complexity index is 881. The Hall–Kier alpha value is -2.84. The molecule has 0 spiro atoms. The van der Waals surface area contributed by atoms with Gasteiger partial charge in [0.05, 0.1) is 5.56 Å². The Morgan fingerprint density at radius 3 is 2.37 bits per heavy atom. The van der Waals surface area contributed by atoms with E-state index in [1.54, 1.807) is 0 Å². The molecule has 0 aromatic heterocycles. The van der Waals surface area contributed by atoms with Crippen molar-refractivity contribution >= 4 is 17.5 Å². The second-order valence-electron chi connectivity index (χ2n) is 7.45. The van der Waals surface area contributed by atoms with Crippen LogP contribution in [0.25, 0.3) is 0 Å². The van der Waals surface area contributed by atoms with E-state index in [2.05, 4.69) is 27.5 Å². The largest absolute Gasteiger partial charge is 0.351 e. The Kier molecular flexibility index (Phi) is 7.48. The van der Waals surface area contributed by atoms with Gasteiger partial charge in [0.1, 0.15) is 11.6 Å². The van der Waals surface area contributed by atoms with Crippen molar-refractivity contribution in [1.29, 1.82) is 0 Å². The maximum atomic E-state index is 13.6. The van der Waals surface area contributed by atoms with Gasteiger partial charge in [-0.15, -0.1) is 0 Å². The summed E-state index contributed by atoms with van der Waals surface area (Å²) in [6.07, 6.45) is 0.0393. The van der Waals surface area contributed by atoms with Crippen molar-refractivity contribution in [1.82, 2.24) is 15.1 Å². The minimum absolute atomic E-state index is 0.0393. The molecule has 0 radical (unpaired) electrons. The Morgan fingerprint density at radius 1 is 1.00 bits per heavy atom. The third-order valence-electron chi connectivity index (χ3n) is 5.05. The molecule has 1 aliphatic heterocycles. The first-order valence-electron chi connectivity index (χ1n) is 9.93. The molecule has 30 heavy (non-hydrogen) atoms. The minimum atomic E-state index is -0.936. The summed E-state index contributed by atoms with van der Waals surface area (Å²) in [5, 5.41) is 5.24. The summed E-state index contributed by atoms with van der Waals surface area (Å²) >= 11 is 0. The van der Waals surface area contributed by atoms with Gasteiger partial charge in [-0.2, -0.15) is 0 Å². The molecule has 1 heterocycles. The van der Waals surface area contributed by atoms with E-state index in [9.17, 15) is 18.4 Å². The molecule has 2 amide bonds. The monoisotopic (exact) mass is 416 g/mol. The molecule has 6 nitrogen and oxygen atoms in total. The number of amides is 2. The zero-order valence-corrected chi connectivity index (χ0v) is 17.0. The standard InChI is InChI=1S/C22H26F2N4O2/c1-27-10-12-28(13-11-27)15-16-2-5-18(6-3-16)26-21(29)8-9-25-22(30)19-7-4-17(23)14-20(19)24/h2-7,14H,8-13,15H2,1H3,(H,25,30)(H,26,29). The number of rotatable bonds is 7. The first-order chi connectivity index (χ1) is 14.4. The molecule has 0 aliphatic carbocycles. The Balaban J connectivity index is 1.40. The Morgan fingerprint density at radius 2 is 1.70 bits per heavy atom. The summed E-state index contributed by atoms with van der Waals surface area (Å²) in [5.74, 6) is -2.64. The third kappa shape index (κ3) is 6.33. The quantitative estimate of drug-likeness (QED) is 0.728. The highest BCUT2D eigenvalue weighted by Crippen LogP contribution is 2.13. The highest BCUT2D eigenvalue weighted by Gasteiger charge is 2.14. The predicted octanol–water partition coefficient (Wildman–Crippen LogP) is 2.47. The van der Waals surface area contributed by atoms with Crippen LogP contribution in [0.15, 0.2) is 42.5 Å². The van der Waals surface area contributed by atoms with Crippen LogP contribution in [-0.4, -0.2) is 61.4 Å². The lowest BCUT2D eigenvalue weighted by atomic mass is 10.1. The molecule has 1 saturated heterocycles. The zero-order chi connectivity index (χ0) is 21.5. The molecule has 160 valence electrons. The highest BCUT2D eigenvalue weighted by atomic mass is 19.1. The van der Waals surface area contributed by atoms with Gasteiger partial charge in [-0.05, 0) is 36.9 Å². The summed E-state index contributed by atoms with van der Waals surface area (Å²) in [7, 11) is 2.13. The molecule has 0 atom stereocenters. The highest BCUT2D eigenvalue weighted by molar-refractivity contribution is 5.95. The lowest BCUT2D eigenvalue weighted by molar-refractivity contribution is -0.116. The molecule has 2 N–H and O–H groups in total. The number of halogens is 2. The van der Waals surface area contributed by atoms with Crippen LogP contribution >= 0.6 is 0 Å². The lowest BCUT2D eigenvalue weighted by Crippen LogP contribution is -2.43. The number of nitrogens with one attached hydrogen (secondary N) is 2. The van der Waals surface area contributed by atoms with Crippen molar-refractivity contribution in [3.8, 4) is 0 Å². The minimum Gasteiger partial charge on any atom is -0.351 e. The van der Waals surface area contributed by atoms with E-state index in [1.807, 2.05) is 24.3 Å². The molecule has 2 aromatic carbocycles. The molecule has 3 rings (SSSR count). The van der Waals surface area contributed by atoms with Crippen LogP contribution in [0.5, 0.6) is 0 Å². The van der Waals surface area contributed by atoms with Crippen LogP contribution in [0.2, 0.25) is 0 Å². The van der Waals surface area contributed by atoms with Gasteiger partial charge in [0.15, 0.2) is 0 Å². The second-order valence-corrected chi connectivity index (χ2v) is 7.45. The van der Waals surface area contributed by atoms with Gasteiger partial charge < -0.3 is 15.5 Å². The van der Waals surface area contributed by atoms with E-state index in [0.717, 1.165) is 44.9 Å². The Labute approximate surface area is 174 Å². The van der Waals surface area contributed by atoms with Crippen molar-refractivity contribution in [3.05, 3.63) is 65.2 Å². The van der Waals surface area contributed by atoms with Crippen LogP contribution in [0, 0.1) is 11.6 Å². The second kappa shape index (κ2) is 10.3. The van der Waals surface area contributed by atoms with Crippen LogP contribution < -0.4 is 10.6 Å². The van der Waals surface area contributed by atoms with Gasteiger partial charge in [0, 0.05) is 57.4 Å². The molecule has 0 saturated carbocycles. The van der Waals surface area contributed by atoms with Gasteiger partial charge in [-0.1, -0.05) is 12.1 Å². The predicted molar refractivity (Wildman–Crippen MR) is 111 cm³/mol. The first-order valence-corrected chi connectivity index (χ1v) is 9.93. The van der Waals surface area contributed by atoms with E-state index < -0.39 is 17.5 Å². The molecule has 2 aromatic rings. The van der Waals surface area contributed by atoms with Gasteiger partial charge >= 0.3 is 0 Å². The summed E-state index contributed by atoms with van der Waals surface area (Å²) in [6.45, 7) is 5.15. The fourth-order valence-corrected chi connectivity index (χ4v) is 3.24. The van der Waals surface area contributed by atoms with E-state index in [1.165, 1.54) is 5.56 Å². The molecule has 1 fully saturated rings. The maximum absolute atomic E-state index is 13.6. The van der Waals surface area contributed by atoms with Crippen LogP contribution in [-0.2, 0) is 11.3 Å². The summed E-state index contributed by atoms with van der Waals surface area (Å²) in [4.78, 5) is 28.7. The van der Waals surface area contributed by atoms with Gasteiger partial charge in [0.2, 0.25) is 5.91 Å². The van der Waals surface area contributed by atoms with Crippen molar-refractivity contribution in [2.75, 3.05) is 45.1 Å². The number of carbonyl (C=O) groups is 2. The third-order valence-corrected chi connectivity index (χ3v) is 5.05. The number of benzene rings is 2. The van der Waals surface area contributed by atoms with E-state index >= 15 is 0 Å². The van der Waals surface area contributed by atoms with Crippen molar-refractivity contribution in [2.45, 2.75) is 13.0 Å². The van der Waals surface area contributed by atoms with Gasteiger partial charge in [0.25, 0.3) is 5.91 Å². The van der Waals surface area contributed by atoms with Gasteiger partial charge in [-0.3, -0.25) is 14.5 Å². The molecule has 8 heteroatoms. The average molecular weight is 416 g/mol. The summed E-state index contributed by atoms with van der Waals surface area (Å²) in [6, 6.07) is 10.4. The molecular formula is C22H26F2N4O2. The number of anilines is 1. The van der Waals surface area contributed by atoms with Crippen molar-refractivity contribution < 1.29 is 18.4 Å². The topological polar surface area (TPSA) is 64.7 Å². The number of hydrogen-bond donors (Lipinski definition) is 2. The van der Waals surface area contributed by atoms with Crippen LogP contribution in [0.1, 0.15) is 22.3 Å². The SMILES string of the molecule is CN1CCN(Cc2ccc(NC(=O)CCNC(=O)c3ccc(F)cc3F)cc2)CC1. The zero-order valence-electron chi connectivity index (χ0n) is 17.0. The summed E-state index contributed by atoms with van der Waals surface area (Å²) < 4.78 is 26.5. The number of carbonyl (C=O) groups excluding carboxylic acids is 2. The van der Waals surface area contributed by atoms with E-state index in [-0.39, 0.29) is 24.4 Å². The number of nitrogens with zero attached hydrogens (tertiary/aromatic N) is 2. The molecule has 0 unspecified atom stereocenters. The number of likely N-dealkylation sites (N-methyl/N-ethyl adjacent to an activating group) is 1. The fourth-order valence-electron chi connectivity index (χ4n) is 3.24. The summed E-state index contributed by atoms with van der Waals surface area (Å²) in [5.41, 5.74) is 1.61. The number of hydrogen-bond acceptors (Lipinski definition) is 4. The fraction of sp³-hybridized carbons (Fsp3) is 0.364. The van der Waals surface area contributed by atoms with Crippen molar-refractivity contribution in [3.63, 3.8) is 0 Å². The first kappa shape index (κ1) is 21.9. The number of piperazine rings is 1. The van der Waals surface area contributed by atoms with Crippen molar-refractivity contribution in [2.24, 2.45) is 0 Å². The molecule has 1 aliphatic rings. The van der Waals surface area contributed by atoms with Crippen LogP contribution in [0.4, 0.5) is 14.5 Å². The smallest absolute Gasteiger partial charge is 0.254 e. The maximum Gasteiger partial charge on any atom is 0.254 e. The average Bonchev–Trinajstić information content (AvgIpc) is 2.71. The lowest BCUT2D eigenvalue weighted by Gasteiger charge is -2.32. The van der Waals surface area contributed by atoms with Crippen LogP contribution in [0.3, 0.4) is 0 Å². The van der Waals surface area contributed by atoms with E-state index in [0.29, 0.717) is 11.8 Å². The normalized spacial score (nSPS) is 15.0.